The minimum Gasteiger partial charge on any atom is -0.441 e. The largest absolute Gasteiger partial charge is 0.441 e. The molecule has 0 radical (unpaired) electrons. The molecule has 5 nitrogen and oxygen atoms in total. The maximum Gasteiger partial charge on any atom is 0.273 e. The van der Waals surface area contributed by atoms with Crippen molar-refractivity contribution >= 4 is 5.91 Å². The Hall–Kier alpha value is -2.95. The molecule has 2 aromatic heterocycles. The highest BCUT2D eigenvalue weighted by atomic mass is 16.4. The van der Waals surface area contributed by atoms with Crippen LogP contribution in [-0.4, -0.2) is 15.9 Å². The van der Waals surface area contributed by atoms with Crippen LogP contribution in [0.2, 0.25) is 0 Å². The van der Waals surface area contributed by atoms with Gasteiger partial charge in [0.2, 0.25) is 5.89 Å². The Kier molecular flexibility index (Phi) is 4.19. The second-order valence-electron chi connectivity index (χ2n) is 5.33. The van der Waals surface area contributed by atoms with Gasteiger partial charge in [-0.25, -0.2) is 4.98 Å². The molecule has 0 fully saturated rings. The summed E-state index contributed by atoms with van der Waals surface area (Å²) in [6.45, 7) is 4.16. The van der Waals surface area contributed by atoms with Crippen molar-refractivity contribution in [3.8, 4) is 11.5 Å². The van der Waals surface area contributed by atoms with E-state index in [1.54, 1.807) is 19.3 Å². The topological polar surface area (TPSA) is 68.0 Å². The van der Waals surface area contributed by atoms with Crippen LogP contribution in [0.4, 0.5) is 0 Å². The number of nitrogens with zero attached hydrogens (tertiary/aromatic N) is 2. The number of pyridine rings is 1. The predicted octanol–water partition coefficient (Wildman–Crippen LogP) is 3.28. The van der Waals surface area contributed by atoms with Crippen molar-refractivity contribution in [2.24, 2.45) is 0 Å². The molecule has 0 aliphatic heterocycles. The SMILES string of the molecule is Cc1ccc(-c2nc(C(=O)NCc3cccnc3)c(C)o2)cc1. The molecule has 0 spiro atoms. The molecule has 116 valence electrons. The summed E-state index contributed by atoms with van der Waals surface area (Å²) in [5, 5.41) is 2.83. The Labute approximate surface area is 134 Å². The van der Waals surface area contributed by atoms with Gasteiger partial charge in [-0.2, -0.15) is 0 Å². The maximum atomic E-state index is 12.3. The lowest BCUT2D eigenvalue weighted by atomic mass is 10.1. The molecular weight excluding hydrogens is 290 g/mol. The zero-order chi connectivity index (χ0) is 16.2. The van der Waals surface area contributed by atoms with Gasteiger partial charge in [0.1, 0.15) is 5.76 Å². The second kappa shape index (κ2) is 6.44. The molecular formula is C18H17N3O2. The zero-order valence-electron chi connectivity index (χ0n) is 13.0. The molecule has 23 heavy (non-hydrogen) atoms. The summed E-state index contributed by atoms with van der Waals surface area (Å²) in [7, 11) is 0. The van der Waals surface area contributed by atoms with E-state index in [0.717, 1.165) is 16.7 Å². The lowest BCUT2D eigenvalue weighted by molar-refractivity contribution is 0.0945. The Morgan fingerprint density at radius 1 is 1.17 bits per heavy atom. The van der Waals surface area contributed by atoms with Gasteiger partial charge in [-0.05, 0) is 37.6 Å². The number of aryl methyl sites for hydroxylation is 2. The lowest BCUT2D eigenvalue weighted by Gasteiger charge is -2.02. The third kappa shape index (κ3) is 3.45. The minimum absolute atomic E-state index is 0.256. The average Bonchev–Trinajstić information content (AvgIpc) is 2.96. The Morgan fingerprint density at radius 2 is 1.96 bits per heavy atom. The molecule has 0 aliphatic carbocycles. The van der Waals surface area contributed by atoms with E-state index < -0.39 is 0 Å². The molecule has 1 amide bonds. The highest BCUT2D eigenvalue weighted by Gasteiger charge is 2.17. The molecule has 5 heteroatoms. The van der Waals surface area contributed by atoms with Gasteiger partial charge in [0.05, 0.1) is 0 Å². The molecule has 3 aromatic rings. The van der Waals surface area contributed by atoms with Crippen LogP contribution >= 0.6 is 0 Å². The number of carbonyl (C=O) groups is 1. The first-order valence-electron chi connectivity index (χ1n) is 7.35. The third-order valence-corrected chi connectivity index (χ3v) is 3.49. The predicted molar refractivity (Wildman–Crippen MR) is 86.8 cm³/mol. The molecule has 0 bridgehead atoms. The van der Waals surface area contributed by atoms with Crippen molar-refractivity contribution < 1.29 is 9.21 Å². The maximum absolute atomic E-state index is 12.3. The number of carbonyl (C=O) groups excluding carboxylic acids is 1. The van der Waals surface area contributed by atoms with E-state index in [1.807, 2.05) is 43.3 Å². The van der Waals surface area contributed by atoms with Gasteiger partial charge in [0.25, 0.3) is 5.91 Å². The van der Waals surface area contributed by atoms with Gasteiger partial charge < -0.3 is 9.73 Å². The summed E-state index contributed by atoms with van der Waals surface area (Å²) >= 11 is 0. The Morgan fingerprint density at radius 3 is 2.65 bits per heavy atom. The fraction of sp³-hybridized carbons (Fsp3) is 0.167. The number of benzene rings is 1. The van der Waals surface area contributed by atoms with Crippen molar-refractivity contribution in [3.63, 3.8) is 0 Å². The van der Waals surface area contributed by atoms with Crippen LogP contribution in [0.1, 0.15) is 27.4 Å². The molecule has 1 aromatic carbocycles. The summed E-state index contributed by atoms with van der Waals surface area (Å²) in [5.74, 6) is 0.701. The van der Waals surface area contributed by atoms with Crippen molar-refractivity contribution in [3.05, 3.63) is 71.4 Å². The summed E-state index contributed by atoms with van der Waals surface area (Å²) in [6.07, 6.45) is 3.41. The van der Waals surface area contributed by atoms with Crippen molar-refractivity contribution in [2.45, 2.75) is 20.4 Å². The van der Waals surface area contributed by atoms with Crippen LogP contribution in [0.25, 0.3) is 11.5 Å². The second-order valence-corrected chi connectivity index (χ2v) is 5.33. The van der Waals surface area contributed by atoms with E-state index in [2.05, 4.69) is 15.3 Å². The van der Waals surface area contributed by atoms with Gasteiger partial charge >= 0.3 is 0 Å². The summed E-state index contributed by atoms with van der Waals surface area (Å²) in [4.78, 5) is 20.6. The fourth-order valence-corrected chi connectivity index (χ4v) is 2.20. The van der Waals surface area contributed by atoms with Crippen molar-refractivity contribution in [1.82, 2.24) is 15.3 Å². The standard InChI is InChI=1S/C18H17N3O2/c1-12-5-7-15(8-6-12)18-21-16(13(2)23-18)17(22)20-11-14-4-3-9-19-10-14/h3-10H,11H2,1-2H3,(H,20,22). The Bertz CT molecular complexity index is 808. The van der Waals surface area contributed by atoms with Gasteiger partial charge in [-0.1, -0.05) is 23.8 Å². The summed E-state index contributed by atoms with van der Waals surface area (Å²) in [6, 6.07) is 11.6. The van der Waals surface area contributed by atoms with Crippen LogP contribution in [0.15, 0.2) is 53.2 Å². The molecule has 0 atom stereocenters. The summed E-state index contributed by atoms with van der Waals surface area (Å²) < 4.78 is 5.63. The number of hydrogen-bond donors (Lipinski definition) is 1. The van der Waals surface area contributed by atoms with E-state index in [9.17, 15) is 4.79 Å². The van der Waals surface area contributed by atoms with Crippen LogP contribution < -0.4 is 5.32 Å². The van der Waals surface area contributed by atoms with E-state index in [1.165, 1.54) is 0 Å². The summed E-state index contributed by atoms with van der Waals surface area (Å²) in [5.41, 5.74) is 3.25. The molecule has 0 aliphatic rings. The molecule has 1 N–H and O–H groups in total. The quantitative estimate of drug-likeness (QED) is 0.803. The Balaban J connectivity index is 1.75. The zero-order valence-corrected chi connectivity index (χ0v) is 13.0. The van der Waals surface area contributed by atoms with Gasteiger partial charge in [0, 0.05) is 24.5 Å². The van der Waals surface area contributed by atoms with Crippen LogP contribution in [0.3, 0.4) is 0 Å². The van der Waals surface area contributed by atoms with E-state index in [4.69, 9.17) is 4.42 Å². The molecule has 0 saturated carbocycles. The van der Waals surface area contributed by atoms with E-state index >= 15 is 0 Å². The van der Waals surface area contributed by atoms with E-state index in [0.29, 0.717) is 23.9 Å². The van der Waals surface area contributed by atoms with Crippen LogP contribution in [-0.2, 0) is 6.54 Å². The number of rotatable bonds is 4. The minimum atomic E-state index is -0.256. The van der Waals surface area contributed by atoms with E-state index in [-0.39, 0.29) is 5.91 Å². The number of nitrogens with one attached hydrogen (secondary N) is 1. The number of hydrogen-bond acceptors (Lipinski definition) is 4. The average molecular weight is 307 g/mol. The number of aromatic nitrogens is 2. The normalized spacial score (nSPS) is 10.5. The van der Waals surface area contributed by atoms with Gasteiger partial charge in [0.15, 0.2) is 5.69 Å². The first-order chi connectivity index (χ1) is 11.1. The van der Waals surface area contributed by atoms with Crippen LogP contribution in [0.5, 0.6) is 0 Å². The molecule has 0 unspecified atom stereocenters. The third-order valence-electron chi connectivity index (χ3n) is 3.49. The molecule has 3 rings (SSSR count). The van der Waals surface area contributed by atoms with Crippen molar-refractivity contribution in [1.29, 1.82) is 0 Å². The first kappa shape index (κ1) is 15.0. The lowest BCUT2D eigenvalue weighted by Crippen LogP contribution is -2.23. The number of oxazole rings is 1. The molecule has 0 saturated heterocycles. The number of amides is 1. The van der Waals surface area contributed by atoms with Gasteiger partial charge in [-0.15, -0.1) is 0 Å². The monoisotopic (exact) mass is 307 g/mol. The van der Waals surface area contributed by atoms with Gasteiger partial charge in [-0.3, -0.25) is 9.78 Å². The van der Waals surface area contributed by atoms with Crippen LogP contribution in [0, 0.1) is 13.8 Å². The fourth-order valence-electron chi connectivity index (χ4n) is 2.20. The smallest absolute Gasteiger partial charge is 0.273 e. The molecule has 2 heterocycles. The highest BCUT2D eigenvalue weighted by molar-refractivity contribution is 5.93. The first-order valence-corrected chi connectivity index (χ1v) is 7.35. The van der Waals surface area contributed by atoms with Crippen molar-refractivity contribution in [2.75, 3.05) is 0 Å². The highest BCUT2D eigenvalue weighted by Crippen LogP contribution is 2.22.